The number of nitrogens with one attached hydrogen (secondary N) is 2. The van der Waals surface area contributed by atoms with E-state index in [-0.39, 0.29) is 12.1 Å². The molecule has 0 amide bonds. The molecule has 0 aromatic heterocycles. The van der Waals surface area contributed by atoms with Gasteiger partial charge in [-0.25, -0.2) is 13.1 Å². The first-order valence-corrected chi connectivity index (χ1v) is 10.3. The lowest BCUT2D eigenvalue weighted by Crippen LogP contribution is -3.13. The van der Waals surface area contributed by atoms with E-state index in [9.17, 15) is 8.42 Å². The maximum absolute atomic E-state index is 12.0. The number of quaternary nitrogens is 1. The van der Waals surface area contributed by atoms with E-state index < -0.39 is 10.0 Å². The van der Waals surface area contributed by atoms with Gasteiger partial charge in [-0.2, -0.15) is 0 Å². The Morgan fingerprint density at radius 3 is 2.30 bits per heavy atom. The molecule has 1 saturated heterocycles. The third-order valence-corrected chi connectivity index (χ3v) is 5.93. The van der Waals surface area contributed by atoms with Gasteiger partial charge in [-0.3, -0.25) is 0 Å². The SMILES string of the molecule is CS(=O)(=O)N[C@@H]1c2cccc3cccc(c23)[C@@H]1[NH+]1CCCCC1. The monoisotopic (exact) mass is 331 g/mol. The quantitative estimate of drug-likeness (QED) is 0.897. The fraction of sp³-hybridized carbons (Fsp3) is 0.444. The van der Waals surface area contributed by atoms with Gasteiger partial charge >= 0.3 is 0 Å². The Kier molecular flexibility index (Phi) is 3.67. The Morgan fingerprint density at radius 2 is 1.65 bits per heavy atom. The third-order valence-electron chi connectivity index (χ3n) is 5.25. The van der Waals surface area contributed by atoms with E-state index in [0.717, 1.165) is 18.7 Å². The molecule has 2 N–H and O–H groups in total. The normalized spacial score (nSPS) is 25.1. The molecule has 0 spiro atoms. The molecule has 2 aliphatic rings. The molecule has 1 aliphatic heterocycles. The standard InChI is InChI=1S/C18H22N2O2S/c1-23(21,22)19-17-14-9-5-7-13-8-6-10-15(16(13)14)18(17)20-11-3-2-4-12-20/h5-10,17-19H,2-4,11-12H2,1H3/p+1/t17-,18+/m1/s1. The zero-order valence-corrected chi connectivity index (χ0v) is 14.2. The van der Waals surface area contributed by atoms with Crippen LogP contribution in [0.1, 0.15) is 42.5 Å². The number of piperidine rings is 1. The number of likely N-dealkylation sites (tertiary alicyclic amines) is 1. The van der Waals surface area contributed by atoms with Crippen molar-refractivity contribution in [1.82, 2.24) is 4.72 Å². The van der Waals surface area contributed by atoms with Crippen molar-refractivity contribution in [3.8, 4) is 0 Å². The lowest BCUT2D eigenvalue weighted by atomic mass is 10.0. The summed E-state index contributed by atoms with van der Waals surface area (Å²) in [5.41, 5.74) is 2.43. The van der Waals surface area contributed by atoms with E-state index in [1.165, 1.54) is 46.8 Å². The van der Waals surface area contributed by atoms with E-state index in [1.54, 1.807) is 0 Å². The van der Waals surface area contributed by atoms with Crippen molar-refractivity contribution in [2.45, 2.75) is 31.3 Å². The van der Waals surface area contributed by atoms with Crippen LogP contribution >= 0.6 is 0 Å². The van der Waals surface area contributed by atoms with Crippen molar-refractivity contribution < 1.29 is 13.3 Å². The van der Waals surface area contributed by atoms with Gasteiger partial charge < -0.3 is 4.90 Å². The summed E-state index contributed by atoms with van der Waals surface area (Å²) in [6.07, 6.45) is 5.00. The Morgan fingerprint density at radius 1 is 1.00 bits per heavy atom. The molecule has 0 saturated carbocycles. The van der Waals surface area contributed by atoms with Crippen molar-refractivity contribution in [2.24, 2.45) is 0 Å². The van der Waals surface area contributed by atoms with Crippen LogP contribution in [0.3, 0.4) is 0 Å². The first-order chi connectivity index (χ1) is 11.0. The summed E-state index contributed by atoms with van der Waals surface area (Å²) in [4.78, 5) is 1.51. The van der Waals surface area contributed by atoms with Crippen LogP contribution in [0, 0.1) is 0 Å². The van der Waals surface area contributed by atoms with Gasteiger partial charge in [-0.1, -0.05) is 36.4 Å². The molecule has 0 bridgehead atoms. The minimum Gasteiger partial charge on any atom is -0.327 e. The molecule has 5 heteroatoms. The van der Waals surface area contributed by atoms with Gasteiger partial charge in [0.25, 0.3) is 0 Å². The maximum Gasteiger partial charge on any atom is 0.209 e. The molecule has 1 heterocycles. The van der Waals surface area contributed by atoms with Gasteiger partial charge in [0.2, 0.25) is 10.0 Å². The highest BCUT2D eigenvalue weighted by molar-refractivity contribution is 7.88. The molecule has 0 radical (unpaired) electrons. The van der Waals surface area contributed by atoms with Gasteiger partial charge in [0.15, 0.2) is 0 Å². The van der Waals surface area contributed by atoms with Crippen LogP contribution in [-0.4, -0.2) is 27.8 Å². The predicted octanol–water partition coefficient (Wildman–Crippen LogP) is 1.55. The molecule has 4 rings (SSSR count). The first-order valence-electron chi connectivity index (χ1n) is 8.38. The lowest BCUT2D eigenvalue weighted by molar-refractivity contribution is -0.937. The second-order valence-electron chi connectivity index (χ2n) is 6.86. The molecule has 4 nitrogen and oxygen atoms in total. The van der Waals surface area contributed by atoms with Gasteiger partial charge in [0.1, 0.15) is 12.1 Å². The van der Waals surface area contributed by atoms with E-state index in [4.69, 9.17) is 0 Å². The van der Waals surface area contributed by atoms with Gasteiger partial charge in [-0.15, -0.1) is 0 Å². The summed E-state index contributed by atoms with van der Waals surface area (Å²) in [6.45, 7) is 2.24. The van der Waals surface area contributed by atoms with Gasteiger partial charge in [-0.05, 0) is 35.6 Å². The zero-order chi connectivity index (χ0) is 16.0. The van der Waals surface area contributed by atoms with Crippen molar-refractivity contribution in [3.63, 3.8) is 0 Å². The van der Waals surface area contributed by atoms with Gasteiger partial charge in [0, 0.05) is 5.56 Å². The van der Waals surface area contributed by atoms with E-state index in [0.29, 0.717) is 0 Å². The Hall–Kier alpha value is -1.43. The first kappa shape index (κ1) is 15.1. The third kappa shape index (κ3) is 2.67. The largest absolute Gasteiger partial charge is 0.327 e. The van der Waals surface area contributed by atoms with Gasteiger partial charge in [0.05, 0.1) is 19.3 Å². The summed E-state index contributed by atoms with van der Waals surface area (Å²) in [5.74, 6) is 0. The summed E-state index contributed by atoms with van der Waals surface area (Å²) in [6, 6.07) is 12.7. The molecule has 23 heavy (non-hydrogen) atoms. The molecule has 0 unspecified atom stereocenters. The second kappa shape index (κ2) is 5.58. The highest BCUT2D eigenvalue weighted by atomic mass is 32.2. The number of rotatable bonds is 3. The van der Waals surface area contributed by atoms with Crippen molar-refractivity contribution in [3.05, 3.63) is 47.5 Å². The van der Waals surface area contributed by atoms with Crippen LogP contribution in [0.25, 0.3) is 10.8 Å². The molecule has 1 aliphatic carbocycles. The molecule has 2 aromatic carbocycles. The molecular formula is C18H23N2O2S+. The van der Waals surface area contributed by atoms with E-state index in [2.05, 4.69) is 35.1 Å². The average Bonchev–Trinajstić information content (AvgIpc) is 2.83. The summed E-state index contributed by atoms with van der Waals surface area (Å²) >= 11 is 0. The minimum absolute atomic E-state index is 0.154. The lowest BCUT2D eigenvalue weighted by Gasteiger charge is -2.33. The molecule has 2 atom stereocenters. The molecule has 1 fully saturated rings. The Bertz CT molecular complexity index is 836. The number of benzene rings is 2. The summed E-state index contributed by atoms with van der Waals surface area (Å²) in [5, 5.41) is 2.46. The van der Waals surface area contributed by atoms with Crippen molar-refractivity contribution in [1.29, 1.82) is 0 Å². The van der Waals surface area contributed by atoms with Crippen LogP contribution in [0.5, 0.6) is 0 Å². The number of hydrogen-bond acceptors (Lipinski definition) is 2. The van der Waals surface area contributed by atoms with Crippen molar-refractivity contribution in [2.75, 3.05) is 19.3 Å². The van der Waals surface area contributed by atoms with E-state index >= 15 is 0 Å². The summed E-state index contributed by atoms with van der Waals surface area (Å²) in [7, 11) is -3.26. The molecule has 2 aromatic rings. The Balaban J connectivity index is 1.87. The highest BCUT2D eigenvalue weighted by Gasteiger charge is 2.42. The van der Waals surface area contributed by atoms with Crippen LogP contribution in [0.4, 0.5) is 0 Å². The van der Waals surface area contributed by atoms with Crippen LogP contribution in [0.15, 0.2) is 36.4 Å². The predicted molar refractivity (Wildman–Crippen MR) is 92.0 cm³/mol. The number of hydrogen-bond donors (Lipinski definition) is 2. The van der Waals surface area contributed by atoms with Crippen molar-refractivity contribution >= 4 is 20.8 Å². The molecular weight excluding hydrogens is 308 g/mol. The van der Waals surface area contributed by atoms with Crippen LogP contribution in [0.2, 0.25) is 0 Å². The second-order valence-corrected chi connectivity index (χ2v) is 8.64. The van der Waals surface area contributed by atoms with Crippen LogP contribution < -0.4 is 9.62 Å². The fourth-order valence-corrected chi connectivity index (χ4v) is 5.14. The minimum atomic E-state index is -3.26. The van der Waals surface area contributed by atoms with E-state index in [1.807, 2.05) is 6.07 Å². The molecule has 122 valence electrons. The zero-order valence-electron chi connectivity index (χ0n) is 13.4. The topological polar surface area (TPSA) is 50.6 Å². The average molecular weight is 331 g/mol. The highest BCUT2D eigenvalue weighted by Crippen LogP contribution is 2.42. The van der Waals surface area contributed by atoms with Crippen LogP contribution in [-0.2, 0) is 10.0 Å². The summed E-state index contributed by atoms with van der Waals surface area (Å²) < 4.78 is 26.9. The smallest absolute Gasteiger partial charge is 0.209 e. The Labute approximate surface area is 137 Å². The fourth-order valence-electron chi connectivity index (χ4n) is 4.41. The maximum atomic E-state index is 12.0. The number of sulfonamides is 1.